The van der Waals surface area contributed by atoms with Crippen LogP contribution in [-0.4, -0.2) is 47.7 Å². The van der Waals surface area contributed by atoms with Crippen LogP contribution in [0.25, 0.3) is 11.5 Å². The number of halogens is 1. The van der Waals surface area contributed by atoms with Crippen LogP contribution >= 0.6 is 11.6 Å². The van der Waals surface area contributed by atoms with Crippen molar-refractivity contribution in [1.29, 1.82) is 0 Å². The monoisotopic (exact) mass is 481 g/mol. The van der Waals surface area contributed by atoms with Gasteiger partial charge in [-0.3, -0.25) is 14.9 Å². The Morgan fingerprint density at radius 1 is 1.18 bits per heavy atom. The minimum absolute atomic E-state index is 0.107. The highest BCUT2D eigenvalue weighted by Crippen LogP contribution is 2.37. The molecular formula is C24H24ClN5O4. The summed E-state index contributed by atoms with van der Waals surface area (Å²) in [6.45, 7) is 2.80. The third-order valence-corrected chi connectivity index (χ3v) is 6.76. The molecule has 2 aromatic carbocycles. The molecule has 2 saturated heterocycles. The molecule has 1 unspecified atom stereocenters. The normalized spacial score (nSPS) is 22.2. The molecule has 0 aliphatic carbocycles. The number of ether oxygens (including phenoxy) is 1. The number of piperidine rings is 1. The predicted octanol–water partition coefficient (Wildman–Crippen LogP) is 3.61. The molecule has 0 spiro atoms. The Bertz CT molecular complexity index is 1230. The van der Waals surface area contributed by atoms with Gasteiger partial charge in [-0.2, -0.15) is 0 Å². The smallest absolute Gasteiger partial charge is 0.316 e. The number of carbonyl (C=O) groups excluding carboxylic acids is 2. The average molecular weight is 482 g/mol. The molecule has 5 rings (SSSR count). The Balaban J connectivity index is 1.22. The van der Waals surface area contributed by atoms with Crippen LogP contribution in [0.15, 0.2) is 46.9 Å². The van der Waals surface area contributed by atoms with Gasteiger partial charge in [0, 0.05) is 24.6 Å². The van der Waals surface area contributed by atoms with E-state index in [0.29, 0.717) is 36.3 Å². The lowest BCUT2D eigenvalue weighted by atomic mass is 9.90. The van der Waals surface area contributed by atoms with E-state index in [0.717, 1.165) is 22.6 Å². The highest BCUT2D eigenvalue weighted by Gasteiger charge is 2.38. The van der Waals surface area contributed by atoms with E-state index in [1.807, 2.05) is 42.5 Å². The molecule has 0 saturated carbocycles. The topological polar surface area (TPSA) is 110 Å². The minimum atomic E-state index is -0.357. The van der Waals surface area contributed by atoms with Crippen molar-refractivity contribution < 1.29 is 18.7 Å². The van der Waals surface area contributed by atoms with Gasteiger partial charge in [-0.15, -0.1) is 5.10 Å². The van der Waals surface area contributed by atoms with Gasteiger partial charge >= 0.3 is 6.01 Å². The van der Waals surface area contributed by atoms with Crippen molar-refractivity contribution in [3.63, 3.8) is 0 Å². The second-order valence-corrected chi connectivity index (χ2v) is 8.91. The summed E-state index contributed by atoms with van der Waals surface area (Å²) in [7, 11) is 1.62. The fraction of sp³-hybridized carbons (Fsp3) is 0.333. The van der Waals surface area contributed by atoms with Gasteiger partial charge in [-0.05, 0) is 55.3 Å². The molecule has 3 heterocycles. The first-order chi connectivity index (χ1) is 16.4. The molecule has 10 heteroatoms. The number of hydrogen-bond acceptors (Lipinski definition) is 8. The fourth-order valence-electron chi connectivity index (χ4n) is 4.37. The lowest BCUT2D eigenvalue weighted by Gasteiger charge is -2.48. The highest BCUT2D eigenvalue weighted by atomic mass is 35.5. The second-order valence-electron chi connectivity index (χ2n) is 8.50. The Morgan fingerprint density at radius 2 is 1.97 bits per heavy atom. The summed E-state index contributed by atoms with van der Waals surface area (Å²) in [6, 6.07) is 13.7. The van der Waals surface area contributed by atoms with Crippen molar-refractivity contribution >= 4 is 35.1 Å². The van der Waals surface area contributed by atoms with Crippen molar-refractivity contribution in [1.82, 2.24) is 15.5 Å². The van der Waals surface area contributed by atoms with Gasteiger partial charge in [-0.25, -0.2) is 0 Å². The van der Waals surface area contributed by atoms with E-state index in [9.17, 15) is 9.59 Å². The van der Waals surface area contributed by atoms with E-state index < -0.39 is 0 Å². The second kappa shape index (κ2) is 8.98. The summed E-state index contributed by atoms with van der Waals surface area (Å²) in [4.78, 5) is 25.8. The van der Waals surface area contributed by atoms with Crippen LogP contribution in [0.3, 0.4) is 0 Å². The van der Waals surface area contributed by atoms with Crippen LogP contribution in [0, 0.1) is 0 Å². The predicted molar refractivity (Wildman–Crippen MR) is 127 cm³/mol. The van der Waals surface area contributed by atoms with Crippen molar-refractivity contribution in [3.05, 3.63) is 53.1 Å². The van der Waals surface area contributed by atoms with Gasteiger partial charge in [0.05, 0.1) is 29.8 Å². The van der Waals surface area contributed by atoms with Crippen molar-refractivity contribution in [2.24, 2.45) is 0 Å². The number of nitrogens with one attached hydrogen (secondary N) is 2. The SMILES string of the molecule is COc1ccc(-c2nnc(N[C@H]3CN(c4ccc(C5CCC(=O)NC5=O)cc4Cl)[C@@H]3C)o2)cc1. The fourth-order valence-corrected chi connectivity index (χ4v) is 4.67. The van der Waals surface area contributed by atoms with E-state index in [2.05, 4.69) is 32.7 Å². The molecule has 2 amide bonds. The first-order valence-corrected chi connectivity index (χ1v) is 11.4. The summed E-state index contributed by atoms with van der Waals surface area (Å²) in [6.07, 6.45) is 0.831. The van der Waals surface area contributed by atoms with Crippen molar-refractivity contribution in [2.45, 2.75) is 37.8 Å². The molecular weight excluding hydrogens is 458 g/mol. The van der Waals surface area contributed by atoms with E-state index in [4.69, 9.17) is 20.8 Å². The van der Waals surface area contributed by atoms with Crippen molar-refractivity contribution in [2.75, 3.05) is 23.9 Å². The summed E-state index contributed by atoms with van der Waals surface area (Å²) >= 11 is 6.59. The van der Waals surface area contributed by atoms with E-state index >= 15 is 0 Å². The van der Waals surface area contributed by atoms with Gasteiger partial charge in [0.25, 0.3) is 0 Å². The molecule has 1 aromatic heterocycles. The molecule has 3 aromatic rings. The van der Waals surface area contributed by atoms with Gasteiger partial charge in [0.15, 0.2) is 0 Å². The number of amides is 2. The number of aromatic nitrogens is 2. The molecule has 0 bridgehead atoms. The zero-order chi connectivity index (χ0) is 23.8. The summed E-state index contributed by atoms with van der Waals surface area (Å²) in [5.74, 6) is 0.337. The molecule has 9 nitrogen and oxygen atoms in total. The maximum Gasteiger partial charge on any atom is 0.316 e. The largest absolute Gasteiger partial charge is 0.497 e. The zero-order valence-electron chi connectivity index (χ0n) is 18.7. The number of rotatable bonds is 6. The van der Waals surface area contributed by atoms with Crippen LogP contribution in [0.1, 0.15) is 31.2 Å². The first-order valence-electron chi connectivity index (χ1n) is 11.1. The molecule has 176 valence electrons. The van der Waals surface area contributed by atoms with Gasteiger partial charge in [0.1, 0.15) is 5.75 Å². The van der Waals surface area contributed by atoms with Gasteiger partial charge in [-0.1, -0.05) is 22.8 Å². The van der Waals surface area contributed by atoms with Crippen molar-refractivity contribution in [3.8, 4) is 17.2 Å². The van der Waals surface area contributed by atoms with E-state index in [1.54, 1.807) is 7.11 Å². The molecule has 3 atom stereocenters. The van der Waals surface area contributed by atoms with E-state index in [-0.39, 0.29) is 29.8 Å². The van der Waals surface area contributed by atoms with E-state index in [1.165, 1.54) is 0 Å². The molecule has 2 aliphatic rings. The molecule has 2 N–H and O–H groups in total. The summed E-state index contributed by atoms with van der Waals surface area (Å²) in [5, 5.41) is 14.5. The minimum Gasteiger partial charge on any atom is -0.497 e. The zero-order valence-corrected chi connectivity index (χ0v) is 19.5. The Hall–Kier alpha value is -3.59. The first kappa shape index (κ1) is 22.2. The number of nitrogens with zero attached hydrogens (tertiary/aromatic N) is 3. The van der Waals surface area contributed by atoms with Gasteiger partial charge < -0.3 is 19.4 Å². The number of methoxy groups -OCH3 is 1. The third kappa shape index (κ3) is 4.19. The quantitative estimate of drug-likeness (QED) is 0.514. The van der Waals surface area contributed by atoms with Crippen LogP contribution in [0.5, 0.6) is 5.75 Å². The standard InChI is InChI=1S/C24H24ClN5O4/c1-13-19(26-24-29-28-23(34-24)14-3-6-16(33-2)7-4-14)12-30(13)20-9-5-15(11-18(20)25)17-8-10-21(31)27-22(17)32/h3-7,9,11,13,17,19H,8,10,12H2,1-2H3,(H,26,29)(H,27,31,32)/t13-,17?,19+/m1/s1. The molecule has 34 heavy (non-hydrogen) atoms. The molecule has 2 aliphatic heterocycles. The van der Waals surface area contributed by atoms with Crippen LogP contribution in [0.2, 0.25) is 5.02 Å². The summed E-state index contributed by atoms with van der Waals surface area (Å²) < 4.78 is 11.0. The number of imide groups is 1. The summed E-state index contributed by atoms with van der Waals surface area (Å²) in [5.41, 5.74) is 2.53. The van der Waals surface area contributed by atoms with Crippen LogP contribution < -0.4 is 20.3 Å². The average Bonchev–Trinajstić information content (AvgIpc) is 3.31. The molecule has 0 radical (unpaired) electrons. The number of anilines is 2. The lowest BCUT2D eigenvalue weighted by molar-refractivity contribution is -0.134. The Labute approximate surface area is 201 Å². The number of benzene rings is 2. The maximum atomic E-state index is 12.2. The molecule has 2 fully saturated rings. The third-order valence-electron chi connectivity index (χ3n) is 6.46. The number of hydrogen-bond donors (Lipinski definition) is 2. The highest BCUT2D eigenvalue weighted by molar-refractivity contribution is 6.33. The lowest BCUT2D eigenvalue weighted by Crippen LogP contribution is -2.62. The Kier molecular flexibility index (Phi) is 5.87. The van der Waals surface area contributed by atoms with Crippen LogP contribution in [0.4, 0.5) is 11.7 Å². The number of carbonyl (C=O) groups is 2. The maximum absolute atomic E-state index is 12.2. The Morgan fingerprint density at radius 3 is 2.65 bits per heavy atom. The van der Waals surface area contributed by atoms with Crippen LogP contribution in [-0.2, 0) is 9.59 Å². The van der Waals surface area contributed by atoms with Gasteiger partial charge in [0.2, 0.25) is 17.7 Å².